The van der Waals surface area contributed by atoms with Gasteiger partial charge >= 0.3 is 6.18 Å². The van der Waals surface area contributed by atoms with E-state index >= 15 is 0 Å². The van der Waals surface area contributed by atoms with Gasteiger partial charge in [-0.05, 0) is 37.0 Å². The van der Waals surface area contributed by atoms with Crippen LogP contribution in [0.2, 0.25) is 0 Å². The molecule has 3 N–H and O–H groups in total. The van der Waals surface area contributed by atoms with Crippen molar-refractivity contribution in [2.45, 2.75) is 44.8 Å². The van der Waals surface area contributed by atoms with Gasteiger partial charge in [0.05, 0.1) is 16.9 Å². The van der Waals surface area contributed by atoms with E-state index in [9.17, 15) is 13.2 Å². The Morgan fingerprint density at radius 1 is 1.26 bits per heavy atom. The first-order chi connectivity index (χ1) is 8.86. The van der Waals surface area contributed by atoms with Crippen molar-refractivity contribution in [3.8, 4) is 0 Å². The van der Waals surface area contributed by atoms with Crippen molar-refractivity contribution in [2.24, 2.45) is 5.92 Å². The number of rotatable bonds is 2. The van der Waals surface area contributed by atoms with E-state index in [0.29, 0.717) is 17.6 Å². The van der Waals surface area contributed by atoms with Crippen LogP contribution >= 0.6 is 0 Å². The quantitative estimate of drug-likeness (QED) is 0.789. The number of nitrogens with two attached hydrogens (primary N) is 1. The fourth-order valence-electron chi connectivity index (χ4n) is 2.66. The Morgan fingerprint density at radius 3 is 2.58 bits per heavy atom. The normalized spacial score (nSPS) is 24.2. The van der Waals surface area contributed by atoms with E-state index in [0.717, 1.165) is 31.4 Å². The number of halogens is 3. The molecule has 0 bridgehead atoms. The van der Waals surface area contributed by atoms with Crippen molar-refractivity contribution in [3.63, 3.8) is 0 Å². The Kier molecular flexibility index (Phi) is 3.92. The Balaban J connectivity index is 2.09. The van der Waals surface area contributed by atoms with Crippen LogP contribution in [0.4, 0.5) is 24.5 Å². The van der Waals surface area contributed by atoms with Crippen LogP contribution in [0.5, 0.6) is 0 Å². The molecule has 0 saturated heterocycles. The molecule has 1 aliphatic rings. The molecule has 5 heteroatoms. The fourth-order valence-corrected chi connectivity index (χ4v) is 2.66. The van der Waals surface area contributed by atoms with Crippen LogP contribution in [0.25, 0.3) is 0 Å². The van der Waals surface area contributed by atoms with Gasteiger partial charge in [0.2, 0.25) is 0 Å². The monoisotopic (exact) mass is 272 g/mol. The third kappa shape index (κ3) is 3.55. The zero-order valence-electron chi connectivity index (χ0n) is 10.9. The highest BCUT2D eigenvalue weighted by molar-refractivity contribution is 5.67. The summed E-state index contributed by atoms with van der Waals surface area (Å²) in [6.45, 7) is 2.20. The lowest BCUT2D eigenvalue weighted by Gasteiger charge is -2.28. The molecule has 1 saturated carbocycles. The molecule has 0 amide bonds. The molecule has 2 atom stereocenters. The minimum absolute atomic E-state index is 0.160. The van der Waals surface area contributed by atoms with Crippen LogP contribution in [0.15, 0.2) is 18.2 Å². The Morgan fingerprint density at radius 2 is 2.00 bits per heavy atom. The number of nitrogens with one attached hydrogen (secondary N) is 1. The molecule has 2 rings (SSSR count). The number of anilines is 2. The van der Waals surface area contributed by atoms with Crippen molar-refractivity contribution in [2.75, 3.05) is 11.1 Å². The van der Waals surface area contributed by atoms with Crippen LogP contribution in [-0.2, 0) is 6.18 Å². The number of benzene rings is 1. The van der Waals surface area contributed by atoms with Crippen LogP contribution in [0.3, 0.4) is 0 Å². The summed E-state index contributed by atoms with van der Waals surface area (Å²) < 4.78 is 37.6. The molecule has 0 aliphatic heterocycles. The molecular formula is C14H19F3N2. The number of hydrogen-bond donors (Lipinski definition) is 2. The minimum atomic E-state index is -4.34. The smallest absolute Gasteiger partial charge is 0.397 e. The Labute approximate surface area is 111 Å². The highest BCUT2D eigenvalue weighted by Gasteiger charge is 2.31. The van der Waals surface area contributed by atoms with Gasteiger partial charge < -0.3 is 11.1 Å². The average Bonchev–Trinajstić information content (AvgIpc) is 2.30. The van der Waals surface area contributed by atoms with Gasteiger partial charge in [-0.1, -0.05) is 19.8 Å². The van der Waals surface area contributed by atoms with Gasteiger partial charge in [0.1, 0.15) is 0 Å². The van der Waals surface area contributed by atoms with Crippen molar-refractivity contribution in [3.05, 3.63) is 23.8 Å². The summed E-state index contributed by atoms with van der Waals surface area (Å²) in [5, 5.41) is 3.27. The summed E-state index contributed by atoms with van der Waals surface area (Å²) in [6, 6.07) is 3.81. The molecule has 1 aromatic carbocycles. The van der Waals surface area contributed by atoms with Gasteiger partial charge in [-0.3, -0.25) is 0 Å². The first-order valence-electron chi connectivity index (χ1n) is 6.59. The highest BCUT2D eigenvalue weighted by atomic mass is 19.4. The third-order valence-corrected chi connectivity index (χ3v) is 3.67. The predicted octanol–water partition coefficient (Wildman–Crippen LogP) is 4.28. The second kappa shape index (κ2) is 5.31. The van der Waals surface area contributed by atoms with E-state index in [1.807, 2.05) is 0 Å². The highest BCUT2D eigenvalue weighted by Crippen LogP contribution is 2.34. The number of alkyl halides is 3. The largest absolute Gasteiger partial charge is 0.416 e. The summed E-state index contributed by atoms with van der Waals surface area (Å²) in [4.78, 5) is 0. The molecule has 1 aromatic rings. The first-order valence-corrected chi connectivity index (χ1v) is 6.59. The summed E-state index contributed by atoms with van der Waals surface area (Å²) in [6.07, 6.45) is 0.122. The van der Waals surface area contributed by atoms with Crippen LogP contribution in [-0.4, -0.2) is 6.04 Å². The van der Waals surface area contributed by atoms with Gasteiger partial charge in [-0.2, -0.15) is 13.2 Å². The zero-order valence-corrected chi connectivity index (χ0v) is 10.9. The van der Waals surface area contributed by atoms with Crippen molar-refractivity contribution in [1.82, 2.24) is 0 Å². The van der Waals surface area contributed by atoms with E-state index < -0.39 is 11.7 Å². The van der Waals surface area contributed by atoms with E-state index in [1.54, 1.807) is 0 Å². The minimum Gasteiger partial charge on any atom is -0.397 e. The second-order valence-corrected chi connectivity index (χ2v) is 5.41. The molecular weight excluding hydrogens is 253 g/mol. The Hall–Kier alpha value is -1.39. The van der Waals surface area contributed by atoms with Gasteiger partial charge in [-0.25, -0.2) is 0 Å². The van der Waals surface area contributed by atoms with Gasteiger partial charge in [-0.15, -0.1) is 0 Å². The molecule has 19 heavy (non-hydrogen) atoms. The lowest BCUT2D eigenvalue weighted by atomic mass is 9.87. The summed E-state index contributed by atoms with van der Waals surface area (Å²) in [5.74, 6) is 0.655. The number of hydrogen-bond acceptors (Lipinski definition) is 2. The predicted molar refractivity (Wildman–Crippen MR) is 70.9 cm³/mol. The molecule has 1 fully saturated rings. The number of nitrogen functional groups attached to an aromatic ring is 1. The molecule has 0 radical (unpaired) electrons. The Bertz CT molecular complexity index is 443. The maximum absolute atomic E-state index is 12.5. The molecule has 2 nitrogen and oxygen atoms in total. The molecule has 0 aromatic heterocycles. The van der Waals surface area contributed by atoms with Crippen molar-refractivity contribution in [1.29, 1.82) is 0 Å². The third-order valence-electron chi connectivity index (χ3n) is 3.67. The lowest BCUT2D eigenvalue weighted by molar-refractivity contribution is -0.137. The topological polar surface area (TPSA) is 38.0 Å². The van der Waals surface area contributed by atoms with Gasteiger partial charge in [0, 0.05) is 6.04 Å². The summed E-state index contributed by atoms with van der Waals surface area (Å²) in [7, 11) is 0. The lowest BCUT2D eigenvalue weighted by Crippen LogP contribution is -2.26. The van der Waals surface area contributed by atoms with E-state index in [2.05, 4.69) is 12.2 Å². The fraction of sp³-hybridized carbons (Fsp3) is 0.571. The van der Waals surface area contributed by atoms with Gasteiger partial charge in [0.15, 0.2) is 0 Å². The molecule has 0 spiro atoms. The van der Waals surface area contributed by atoms with Crippen molar-refractivity contribution >= 4 is 11.4 Å². The maximum Gasteiger partial charge on any atom is 0.416 e. The van der Waals surface area contributed by atoms with E-state index in [-0.39, 0.29) is 5.69 Å². The van der Waals surface area contributed by atoms with Crippen LogP contribution < -0.4 is 11.1 Å². The van der Waals surface area contributed by atoms with Crippen molar-refractivity contribution < 1.29 is 13.2 Å². The molecule has 106 valence electrons. The molecule has 0 heterocycles. The van der Waals surface area contributed by atoms with Gasteiger partial charge in [0.25, 0.3) is 0 Å². The van der Waals surface area contributed by atoms with Crippen LogP contribution in [0, 0.1) is 5.92 Å². The first kappa shape index (κ1) is 14.0. The average molecular weight is 272 g/mol. The molecule has 2 unspecified atom stereocenters. The molecule has 1 aliphatic carbocycles. The zero-order chi connectivity index (χ0) is 14.0. The summed E-state index contributed by atoms with van der Waals surface area (Å²) in [5.41, 5.74) is 5.77. The SMILES string of the molecule is CC1CCCC(Nc2ccc(C(F)(F)F)cc2N)C1. The van der Waals surface area contributed by atoms with E-state index in [4.69, 9.17) is 5.73 Å². The summed E-state index contributed by atoms with van der Waals surface area (Å²) >= 11 is 0. The maximum atomic E-state index is 12.5. The second-order valence-electron chi connectivity index (χ2n) is 5.41. The standard InChI is InChI=1S/C14H19F3N2/c1-9-3-2-4-11(7-9)19-13-6-5-10(8-12(13)18)14(15,16)17/h5-6,8-9,11,19H,2-4,7,18H2,1H3. The van der Waals surface area contributed by atoms with E-state index in [1.165, 1.54) is 12.5 Å². The van der Waals surface area contributed by atoms with Crippen LogP contribution in [0.1, 0.15) is 38.2 Å².